The minimum Gasteiger partial charge on any atom is -0.324 e. The molecule has 0 fully saturated rings. The van der Waals surface area contributed by atoms with Crippen LogP contribution in [0, 0.1) is 20.8 Å². The monoisotopic (exact) mass is 295 g/mol. The topological polar surface area (TPSA) is 26.0 Å². The van der Waals surface area contributed by atoms with E-state index in [1.54, 1.807) is 11.3 Å². The highest BCUT2D eigenvalue weighted by molar-refractivity contribution is 7.17. The third kappa shape index (κ3) is 2.74. The maximum Gasteiger partial charge on any atom is 0.0345 e. The molecule has 1 atom stereocenters. The zero-order valence-corrected chi connectivity index (χ0v) is 13.6. The van der Waals surface area contributed by atoms with Gasteiger partial charge in [-0.3, -0.25) is 0 Å². The molecule has 0 bridgehead atoms. The molecule has 1 unspecified atom stereocenters. The van der Waals surface area contributed by atoms with Crippen molar-refractivity contribution in [1.82, 2.24) is 0 Å². The van der Waals surface area contributed by atoms with E-state index >= 15 is 0 Å². The van der Waals surface area contributed by atoms with E-state index in [0.717, 1.165) is 6.42 Å². The van der Waals surface area contributed by atoms with Gasteiger partial charge in [-0.15, -0.1) is 11.3 Å². The Bertz CT molecular complexity index is 762. The Morgan fingerprint density at radius 2 is 1.71 bits per heavy atom. The third-order valence-electron chi connectivity index (χ3n) is 4.11. The van der Waals surface area contributed by atoms with Crippen LogP contribution in [0.1, 0.15) is 33.9 Å². The number of thiophene rings is 1. The molecule has 0 spiro atoms. The molecule has 0 radical (unpaired) electrons. The number of hydrogen-bond donors (Lipinski definition) is 1. The predicted molar refractivity (Wildman–Crippen MR) is 93.1 cm³/mol. The summed E-state index contributed by atoms with van der Waals surface area (Å²) in [6, 6.07) is 13.1. The maximum atomic E-state index is 6.53. The minimum absolute atomic E-state index is 0.0589. The molecule has 0 aliphatic heterocycles. The summed E-state index contributed by atoms with van der Waals surface area (Å²) in [5.74, 6) is 0. The second-order valence-corrected chi connectivity index (χ2v) is 6.79. The lowest BCUT2D eigenvalue weighted by Crippen LogP contribution is -2.16. The molecule has 108 valence electrons. The number of hydrogen-bond acceptors (Lipinski definition) is 2. The van der Waals surface area contributed by atoms with Crippen LogP contribution in [0.3, 0.4) is 0 Å². The van der Waals surface area contributed by atoms with Crippen molar-refractivity contribution >= 4 is 21.4 Å². The summed E-state index contributed by atoms with van der Waals surface area (Å²) in [6.07, 6.45) is 0.898. The van der Waals surface area contributed by atoms with Crippen LogP contribution >= 0.6 is 11.3 Å². The van der Waals surface area contributed by atoms with Gasteiger partial charge in [-0.05, 0) is 66.3 Å². The van der Waals surface area contributed by atoms with Crippen LogP contribution in [0.4, 0.5) is 0 Å². The summed E-state index contributed by atoms with van der Waals surface area (Å²) in [7, 11) is 0. The molecule has 0 aliphatic carbocycles. The van der Waals surface area contributed by atoms with E-state index in [2.05, 4.69) is 62.5 Å². The fraction of sp³-hybridized carbons (Fsp3) is 0.263. The van der Waals surface area contributed by atoms with Crippen molar-refractivity contribution in [2.24, 2.45) is 5.73 Å². The van der Waals surface area contributed by atoms with Gasteiger partial charge in [0.2, 0.25) is 0 Å². The molecule has 0 saturated carbocycles. The van der Waals surface area contributed by atoms with Crippen LogP contribution in [-0.2, 0) is 6.42 Å². The van der Waals surface area contributed by atoms with Gasteiger partial charge in [-0.1, -0.05) is 35.9 Å². The molecule has 2 aromatic carbocycles. The molecule has 1 heterocycles. The fourth-order valence-corrected chi connectivity index (χ4v) is 4.28. The van der Waals surface area contributed by atoms with E-state index < -0.39 is 0 Å². The molecule has 2 heteroatoms. The Morgan fingerprint density at radius 3 is 2.43 bits per heavy atom. The summed E-state index contributed by atoms with van der Waals surface area (Å²) in [4.78, 5) is 0. The Hall–Kier alpha value is -1.64. The number of aryl methyl sites for hydroxylation is 3. The van der Waals surface area contributed by atoms with Crippen LogP contribution in [0.5, 0.6) is 0 Å². The van der Waals surface area contributed by atoms with Gasteiger partial charge in [0.1, 0.15) is 0 Å². The highest BCUT2D eigenvalue weighted by atomic mass is 32.1. The van der Waals surface area contributed by atoms with Crippen molar-refractivity contribution < 1.29 is 0 Å². The first-order valence-electron chi connectivity index (χ1n) is 7.34. The summed E-state index contributed by atoms with van der Waals surface area (Å²) < 4.78 is 1.34. The first-order valence-corrected chi connectivity index (χ1v) is 8.22. The number of nitrogens with two attached hydrogens (primary N) is 1. The quantitative estimate of drug-likeness (QED) is 0.717. The number of fused-ring (bicyclic) bond motifs is 1. The van der Waals surface area contributed by atoms with Gasteiger partial charge in [0.15, 0.2) is 0 Å². The van der Waals surface area contributed by atoms with Gasteiger partial charge in [0.05, 0.1) is 0 Å². The lowest BCUT2D eigenvalue weighted by atomic mass is 9.91. The highest BCUT2D eigenvalue weighted by Gasteiger charge is 2.15. The first-order chi connectivity index (χ1) is 10.1. The Morgan fingerprint density at radius 1 is 1.05 bits per heavy atom. The molecular weight excluding hydrogens is 274 g/mol. The van der Waals surface area contributed by atoms with Crippen LogP contribution in [0.25, 0.3) is 10.1 Å². The number of rotatable bonds is 3. The summed E-state index contributed by atoms with van der Waals surface area (Å²) >= 11 is 1.81. The number of benzene rings is 2. The van der Waals surface area contributed by atoms with Crippen molar-refractivity contribution in [2.75, 3.05) is 0 Å². The van der Waals surface area contributed by atoms with Crippen LogP contribution in [-0.4, -0.2) is 0 Å². The average molecular weight is 295 g/mol. The Balaban J connectivity index is 1.95. The molecule has 21 heavy (non-hydrogen) atoms. The highest BCUT2D eigenvalue weighted by Crippen LogP contribution is 2.30. The smallest absolute Gasteiger partial charge is 0.0345 e. The van der Waals surface area contributed by atoms with Crippen molar-refractivity contribution in [3.63, 3.8) is 0 Å². The van der Waals surface area contributed by atoms with E-state index in [1.807, 2.05) is 0 Å². The maximum absolute atomic E-state index is 6.53. The normalized spacial score (nSPS) is 12.8. The fourth-order valence-electron chi connectivity index (χ4n) is 3.31. The second-order valence-electron chi connectivity index (χ2n) is 5.88. The molecular formula is C19H21NS. The van der Waals surface area contributed by atoms with Crippen LogP contribution in [0.2, 0.25) is 0 Å². The molecule has 0 saturated heterocycles. The third-order valence-corrected chi connectivity index (χ3v) is 5.12. The Labute approximate surface area is 130 Å². The molecule has 2 N–H and O–H groups in total. The van der Waals surface area contributed by atoms with Gasteiger partial charge in [-0.25, -0.2) is 0 Å². The molecule has 0 aliphatic rings. The lowest BCUT2D eigenvalue weighted by Gasteiger charge is -2.18. The molecule has 3 rings (SSSR count). The van der Waals surface area contributed by atoms with Crippen molar-refractivity contribution in [2.45, 2.75) is 33.2 Å². The van der Waals surface area contributed by atoms with Crippen molar-refractivity contribution in [3.8, 4) is 0 Å². The van der Waals surface area contributed by atoms with E-state index in [9.17, 15) is 0 Å². The summed E-state index contributed by atoms with van der Waals surface area (Å²) in [5, 5.41) is 3.60. The van der Waals surface area contributed by atoms with E-state index in [1.165, 1.54) is 37.9 Å². The second kappa shape index (κ2) is 5.63. The van der Waals surface area contributed by atoms with Gasteiger partial charge in [-0.2, -0.15) is 0 Å². The van der Waals surface area contributed by atoms with E-state index in [-0.39, 0.29) is 6.04 Å². The van der Waals surface area contributed by atoms with Crippen molar-refractivity contribution in [3.05, 3.63) is 69.6 Å². The van der Waals surface area contributed by atoms with Gasteiger partial charge >= 0.3 is 0 Å². The predicted octanol–water partition coefficient (Wildman–Crippen LogP) is 5.07. The molecule has 0 amide bonds. The standard InChI is InChI=1S/C19H21NS/c1-12-8-13(2)19(14(3)9-12)17(20)10-15-11-21-18-7-5-4-6-16(15)18/h4-9,11,17H,10,20H2,1-3H3. The van der Waals surface area contributed by atoms with Crippen LogP contribution in [0.15, 0.2) is 41.8 Å². The van der Waals surface area contributed by atoms with Gasteiger partial charge in [0, 0.05) is 10.7 Å². The van der Waals surface area contributed by atoms with Crippen molar-refractivity contribution in [1.29, 1.82) is 0 Å². The Kier molecular flexibility index (Phi) is 3.83. The molecule has 1 aromatic heterocycles. The average Bonchev–Trinajstić information content (AvgIpc) is 2.81. The van der Waals surface area contributed by atoms with E-state index in [4.69, 9.17) is 5.73 Å². The molecule has 3 aromatic rings. The largest absolute Gasteiger partial charge is 0.324 e. The van der Waals surface area contributed by atoms with Gasteiger partial charge < -0.3 is 5.73 Å². The van der Waals surface area contributed by atoms with Gasteiger partial charge in [0.25, 0.3) is 0 Å². The minimum atomic E-state index is 0.0589. The first kappa shape index (κ1) is 14.3. The summed E-state index contributed by atoms with van der Waals surface area (Å²) in [6.45, 7) is 6.48. The lowest BCUT2D eigenvalue weighted by molar-refractivity contribution is 0.715. The zero-order chi connectivity index (χ0) is 15.0. The van der Waals surface area contributed by atoms with Crippen LogP contribution < -0.4 is 5.73 Å². The molecule has 1 nitrogen and oxygen atoms in total. The summed E-state index contributed by atoms with van der Waals surface area (Å²) in [5.41, 5.74) is 13.1. The van der Waals surface area contributed by atoms with E-state index in [0.29, 0.717) is 0 Å². The zero-order valence-electron chi connectivity index (χ0n) is 12.8. The SMILES string of the molecule is Cc1cc(C)c(C(N)Cc2csc3ccccc23)c(C)c1.